The lowest BCUT2D eigenvalue weighted by Crippen LogP contribution is -2.28. The minimum absolute atomic E-state index is 0.112. The van der Waals surface area contributed by atoms with E-state index in [4.69, 9.17) is 5.11 Å². The Morgan fingerprint density at radius 2 is 1.95 bits per heavy atom. The second-order valence-corrected chi connectivity index (χ2v) is 5.28. The van der Waals surface area contributed by atoms with Crippen LogP contribution in [0.3, 0.4) is 0 Å². The van der Waals surface area contributed by atoms with Crippen molar-refractivity contribution in [3.63, 3.8) is 0 Å². The average Bonchev–Trinajstić information content (AvgIpc) is 2.79. The first-order valence-electron chi connectivity index (χ1n) is 6.98. The van der Waals surface area contributed by atoms with Gasteiger partial charge >= 0.3 is 5.97 Å². The quantitative estimate of drug-likeness (QED) is 0.882. The average molecular weight is 301 g/mol. The van der Waals surface area contributed by atoms with Crippen molar-refractivity contribution in [3.05, 3.63) is 52.8 Å². The number of aromatic nitrogens is 2. The fourth-order valence-corrected chi connectivity index (χ4v) is 2.26. The van der Waals surface area contributed by atoms with E-state index in [0.29, 0.717) is 0 Å². The van der Waals surface area contributed by atoms with E-state index < -0.39 is 5.97 Å². The Bertz CT molecular complexity index is 689. The van der Waals surface area contributed by atoms with Crippen LogP contribution in [-0.4, -0.2) is 26.8 Å². The lowest BCUT2D eigenvalue weighted by molar-refractivity contribution is -0.121. The molecule has 0 aliphatic rings. The molecule has 1 unspecified atom stereocenters. The molecule has 1 amide bonds. The first-order chi connectivity index (χ1) is 10.4. The van der Waals surface area contributed by atoms with E-state index in [2.05, 4.69) is 10.4 Å². The van der Waals surface area contributed by atoms with Gasteiger partial charge < -0.3 is 10.4 Å². The molecule has 1 atom stereocenters. The van der Waals surface area contributed by atoms with Crippen molar-refractivity contribution in [2.75, 3.05) is 0 Å². The maximum atomic E-state index is 12.1. The van der Waals surface area contributed by atoms with Crippen molar-refractivity contribution in [2.45, 2.75) is 26.3 Å². The number of carbonyl (C=O) groups is 2. The number of carboxylic acid groups (broad SMARTS) is 1. The van der Waals surface area contributed by atoms with Gasteiger partial charge in [-0.05, 0) is 31.5 Å². The van der Waals surface area contributed by atoms with Crippen LogP contribution in [0.1, 0.15) is 40.1 Å². The summed E-state index contributed by atoms with van der Waals surface area (Å²) in [5, 5.41) is 15.9. The minimum Gasteiger partial charge on any atom is -0.478 e. The summed E-state index contributed by atoms with van der Waals surface area (Å²) in [7, 11) is 1.86. The highest BCUT2D eigenvalue weighted by Gasteiger charge is 2.14. The van der Waals surface area contributed by atoms with Crippen molar-refractivity contribution in [1.29, 1.82) is 0 Å². The number of nitrogens with zero attached hydrogens (tertiary/aromatic N) is 2. The smallest absolute Gasteiger partial charge is 0.335 e. The topological polar surface area (TPSA) is 84.2 Å². The molecule has 0 fully saturated rings. The van der Waals surface area contributed by atoms with Crippen LogP contribution in [0.5, 0.6) is 0 Å². The number of carbonyl (C=O) groups excluding carboxylic acids is 1. The Balaban J connectivity index is 1.97. The van der Waals surface area contributed by atoms with Crippen LogP contribution in [0, 0.1) is 6.92 Å². The van der Waals surface area contributed by atoms with Gasteiger partial charge in [-0.15, -0.1) is 0 Å². The summed E-state index contributed by atoms with van der Waals surface area (Å²) in [4.78, 5) is 22.9. The van der Waals surface area contributed by atoms with Crippen LogP contribution < -0.4 is 5.32 Å². The van der Waals surface area contributed by atoms with E-state index in [1.807, 2.05) is 20.9 Å². The van der Waals surface area contributed by atoms with Gasteiger partial charge in [-0.1, -0.05) is 12.1 Å². The Morgan fingerprint density at radius 3 is 2.45 bits per heavy atom. The van der Waals surface area contributed by atoms with E-state index >= 15 is 0 Å². The van der Waals surface area contributed by atoms with Crippen molar-refractivity contribution in [1.82, 2.24) is 15.1 Å². The molecule has 0 aliphatic carbocycles. The Kier molecular flexibility index (Phi) is 4.60. The number of rotatable bonds is 5. The van der Waals surface area contributed by atoms with Crippen molar-refractivity contribution < 1.29 is 14.7 Å². The molecule has 2 aromatic rings. The van der Waals surface area contributed by atoms with Crippen molar-refractivity contribution in [3.8, 4) is 0 Å². The monoisotopic (exact) mass is 301 g/mol. The predicted octanol–water partition coefficient (Wildman–Crippen LogP) is 1.85. The fraction of sp³-hybridized carbons (Fsp3) is 0.312. The predicted molar refractivity (Wildman–Crippen MR) is 81.6 cm³/mol. The number of hydrogen-bond donors (Lipinski definition) is 2. The second-order valence-electron chi connectivity index (χ2n) is 5.28. The maximum Gasteiger partial charge on any atom is 0.335 e. The van der Waals surface area contributed by atoms with Crippen LogP contribution in [0.15, 0.2) is 30.5 Å². The highest BCUT2D eigenvalue weighted by atomic mass is 16.4. The SMILES string of the molecule is Cc1c(C(C)NC(=O)Cc2ccc(C(=O)O)cc2)cnn1C. The molecule has 22 heavy (non-hydrogen) atoms. The number of hydrogen-bond acceptors (Lipinski definition) is 3. The normalized spacial score (nSPS) is 12.0. The zero-order valence-corrected chi connectivity index (χ0v) is 12.8. The van der Waals surface area contributed by atoms with Gasteiger partial charge in [-0.3, -0.25) is 9.48 Å². The lowest BCUT2D eigenvalue weighted by Gasteiger charge is -2.14. The van der Waals surface area contributed by atoms with Gasteiger partial charge in [0.2, 0.25) is 5.91 Å². The molecule has 0 spiro atoms. The van der Waals surface area contributed by atoms with E-state index in [1.165, 1.54) is 12.1 Å². The van der Waals surface area contributed by atoms with Gasteiger partial charge in [0.15, 0.2) is 0 Å². The highest BCUT2D eigenvalue weighted by Crippen LogP contribution is 2.16. The van der Waals surface area contributed by atoms with Crippen LogP contribution in [-0.2, 0) is 18.3 Å². The standard InChI is InChI=1S/C16H19N3O3/c1-10(14-9-17-19(3)11(14)2)18-15(20)8-12-4-6-13(7-5-12)16(21)22/h4-7,9-10H,8H2,1-3H3,(H,18,20)(H,21,22). The van der Waals surface area contributed by atoms with Gasteiger partial charge in [-0.2, -0.15) is 5.10 Å². The molecule has 0 radical (unpaired) electrons. The molecule has 1 aromatic heterocycles. The maximum absolute atomic E-state index is 12.1. The third-order valence-electron chi connectivity index (χ3n) is 3.68. The Labute approximate surface area is 128 Å². The molecule has 2 rings (SSSR count). The lowest BCUT2D eigenvalue weighted by atomic mass is 10.1. The van der Waals surface area contributed by atoms with Gasteiger partial charge in [-0.25, -0.2) is 4.79 Å². The van der Waals surface area contributed by atoms with Gasteiger partial charge in [0.05, 0.1) is 24.2 Å². The number of aromatic carboxylic acids is 1. The summed E-state index contributed by atoms with van der Waals surface area (Å²) in [6.45, 7) is 3.87. The third kappa shape index (κ3) is 3.52. The molecular formula is C16H19N3O3. The largest absolute Gasteiger partial charge is 0.478 e. The zero-order valence-electron chi connectivity index (χ0n) is 12.8. The molecule has 6 nitrogen and oxygen atoms in total. The van der Waals surface area contributed by atoms with E-state index in [9.17, 15) is 9.59 Å². The Morgan fingerprint density at radius 1 is 1.32 bits per heavy atom. The highest BCUT2D eigenvalue weighted by molar-refractivity contribution is 5.87. The molecule has 6 heteroatoms. The molecule has 0 aliphatic heterocycles. The second kappa shape index (κ2) is 6.43. The number of benzene rings is 1. The number of amides is 1. The Hall–Kier alpha value is -2.63. The van der Waals surface area contributed by atoms with Gasteiger partial charge in [0, 0.05) is 18.3 Å². The van der Waals surface area contributed by atoms with Crippen molar-refractivity contribution >= 4 is 11.9 Å². The first-order valence-corrected chi connectivity index (χ1v) is 6.98. The summed E-state index contributed by atoms with van der Waals surface area (Å²) in [6.07, 6.45) is 1.96. The summed E-state index contributed by atoms with van der Waals surface area (Å²) in [6, 6.07) is 6.19. The fourth-order valence-electron chi connectivity index (χ4n) is 2.26. The summed E-state index contributed by atoms with van der Waals surface area (Å²) >= 11 is 0. The summed E-state index contributed by atoms with van der Waals surface area (Å²) < 4.78 is 1.77. The van der Waals surface area contributed by atoms with E-state index in [1.54, 1.807) is 23.0 Å². The summed E-state index contributed by atoms with van der Waals surface area (Å²) in [5.41, 5.74) is 2.98. The van der Waals surface area contributed by atoms with Gasteiger partial charge in [0.25, 0.3) is 0 Å². The van der Waals surface area contributed by atoms with Crippen LogP contribution in [0.4, 0.5) is 0 Å². The first kappa shape index (κ1) is 15.8. The molecule has 0 saturated heterocycles. The summed E-state index contributed by atoms with van der Waals surface area (Å²) in [5.74, 6) is -1.09. The number of carboxylic acids is 1. The number of nitrogens with one attached hydrogen (secondary N) is 1. The molecule has 0 bridgehead atoms. The third-order valence-corrected chi connectivity index (χ3v) is 3.68. The molecule has 1 aromatic carbocycles. The van der Waals surface area contributed by atoms with E-state index in [-0.39, 0.29) is 23.9 Å². The van der Waals surface area contributed by atoms with Gasteiger partial charge in [0.1, 0.15) is 0 Å². The zero-order chi connectivity index (χ0) is 16.3. The molecule has 1 heterocycles. The molecule has 2 N–H and O–H groups in total. The number of aryl methyl sites for hydroxylation is 1. The van der Waals surface area contributed by atoms with Crippen LogP contribution in [0.25, 0.3) is 0 Å². The van der Waals surface area contributed by atoms with E-state index in [0.717, 1.165) is 16.8 Å². The molecular weight excluding hydrogens is 282 g/mol. The minimum atomic E-state index is -0.975. The molecule has 116 valence electrons. The van der Waals surface area contributed by atoms with Crippen LogP contribution in [0.2, 0.25) is 0 Å². The van der Waals surface area contributed by atoms with Crippen LogP contribution >= 0.6 is 0 Å². The van der Waals surface area contributed by atoms with Crippen molar-refractivity contribution in [2.24, 2.45) is 7.05 Å². The molecule has 0 saturated carbocycles.